The highest BCUT2D eigenvalue weighted by Gasteiger charge is 2.18. The minimum atomic E-state index is -0.510. The molecule has 0 atom stereocenters. The molecule has 0 spiro atoms. The summed E-state index contributed by atoms with van der Waals surface area (Å²) in [5.74, 6) is 0. The molecule has 0 N–H and O–H groups in total. The lowest BCUT2D eigenvalue weighted by Crippen LogP contribution is -1.96. The van der Waals surface area contributed by atoms with Gasteiger partial charge in [0.2, 0.25) is 5.28 Å². The van der Waals surface area contributed by atoms with E-state index in [-0.39, 0.29) is 16.0 Å². The molecule has 0 aliphatic heterocycles. The van der Waals surface area contributed by atoms with Crippen molar-refractivity contribution in [2.24, 2.45) is 0 Å². The smallest absolute Gasteiger partial charge is 0.258 e. The van der Waals surface area contributed by atoms with Gasteiger partial charge in [-0.05, 0) is 42.6 Å². The third-order valence-electron chi connectivity index (χ3n) is 2.45. The topological polar surface area (TPSA) is 68.9 Å². The van der Waals surface area contributed by atoms with Crippen LogP contribution in [0.4, 0.5) is 5.69 Å². The first-order chi connectivity index (χ1) is 8.97. The number of rotatable bonds is 3. The second-order valence-corrected chi connectivity index (χ2v) is 5.33. The summed E-state index contributed by atoms with van der Waals surface area (Å²) in [7, 11) is 0. The zero-order chi connectivity index (χ0) is 14.0. The molecule has 1 aromatic heterocycles. The Morgan fingerprint density at radius 3 is 2.79 bits per heavy atom. The van der Waals surface area contributed by atoms with Gasteiger partial charge in [-0.25, -0.2) is 9.97 Å². The van der Waals surface area contributed by atoms with Gasteiger partial charge in [0.25, 0.3) is 0 Å². The van der Waals surface area contributed by atoms with Crippen LogP contribution in [-0.4, -0.2) is 14.9 Å². The summed E-state index contributed by atoms with van der Waals surface area (Å²) in [5, 5.41) is 11.2. The van der Waals surface area contributed by atoms with E-state index in [9.17, 15) is 10.1 Å². The Morgan fingerprint density at radius 1 is 1.37 bits per heavy atom. The highest BCUT2D eigenvalue weighted by molar-refractivity contribution is 7.99. The molecule has 5 nitrogen and oxygen atoms in total. The molecule has 0 saturated carbocycles. The van der Waals surface area contributed by atoms with Gasteiger partial charge in [0.05, 0.1) is 4.92 Å². The fourth-order valence-electron chi connectivity index (χ4n) is 1.46. The van der Waals surface area contributed by atoms with Gasteiger partial charge in [-0.1, -0.05) is 23.9 Å². The molecule has 19 heavy (non-hydrogen) atoms. The number of nitrogens with zero attached hydrogens (tertiary/aromatic N) is 3. The van der Waals surface area contributed by atoms with Gasteiger partial charge in [0.15, 0.2) is 5.03 Å². The van der Waals surface area contributed by atoms with Crippen molar-refractivity contribution in [3.05, 3.63) is 50.9 Å². The molecule has 2 aromatic rings. The molecule has 98 valence electrons. The second-order valence-electron chi connectivity index (χ2n) is 3.96. The van der Waals surface area contributed by atoms with Gasteiger partial charge in [-0.3, -0.25) is 10.1 Å². The van der Waals surface area contributed by atoms with Gasteiger partial charge in [0.1, 0.15) is 6.20 Å². The monoisotopic (exact) mass is 295 g/mol. The third kappa shape index (κ3) is 3.21. The molecule has 2 rings (SSSR count). The van der Waals surface area contributed by atoms with E-state index in [0.717, 1.165) is 22.2 Å². The van der Waals surface area contributed by atoms with E-state index in [2.05, 4.69) is 9.97 Å². The summed E-state index contributed by atoms with van der Waals surface area (Å²) in [6, 6.07) is 5.91. The van der Waals surface area contributed by atoms with Crippen molar-refractivity contribution in [3.8, 4) is 0 Å². The summed E-state index contributed by atoms with van der Waals surface area (Å²) in [4.78, 5) is 18.9. The lowest BCUT2D eigenvalue weighted by atomic mass is 10.2. The van der Waals surface area contributed by atoms with Crippen LogP contribution >= 0.6 is 23.4 Å². The Kier molecular flexibility index (Phi) is 4.01. The molecule has 1 aromatic carbocycles. The SMILES string of the molecule is Cc1ccc(C)c(Sc2nc(Cl)ncc2[N+](=O)[O-])c1. The molecule has 0 aliphatic rings. The van der Waals surface area contributed by atoms with Crippen molar-refractivity contribution in [2.75, 3.05) is 0 Å². The Morgan fingerprint density at radius 2 is 2.11 bits per heavy atom. The first-order valence-electron chi connectivity index (χ1n) is 5.39. The van der Waals surface area contributed by atoms with Gasteiger partial charge >= 0.3 is 5.69 Å². The van der Waals surface area contributed by atoms with Crippen LogP contribution in [0, 0.1) is 24.0 Å². The second kappa shape index (κ2) is 5.54. The molecule has 0 amide bonds. The standard InChI is InChI=1S/C12H10ClN3O2S/c1-7-3-4-8(2)10(5-7)19-11-9(16(17)18)6-14-12(13)15-11/h3-6H,1-2H3. The van der Waals surface area contributed by atoms with E-state index >= 15 is 0 Å². The first-order valence-corrected chi connectivity index (χ1v) is 6.59. The molecule has 0 unspecified atom stereocenters. The van der Waals surface area contributed by atoms with E-state index in [4.69, 9.17) is 11.6 Å². The van der Waals surface area contributed by atoms with Crippen LogP contribution in [0.25, 0.3) is 0 Å². The summed E-state index contributed by atoms with van der Waals surface area (Å²) in [5.41, 5.74) is 1.96. The van der Waals surface area contributed by atoms with Crippen molar-refractivity contribution in [1.82, 2.24) is 9.97 Å². The van der Waals surface area contributed by atoms with Crippen molar-refractivity contribution < 1.29 is 4.92 Å². The quantitative estimate of drug-likeness (QED) is 0.373. The zero-order valence-corrected chi connectivity index (χ0v) is 11.8. The lowest BCUT2D eigenvalue weighted by Gasteiger charge is -2.06. The van der Waals surface area contributed by atoms with Crippen LogP contribution in [-0.2, 0) is 0 Å². The van der Waals surface area contributed by atoms with Gasteiger partial charge in [0, 0.05) is 4.90 Å². The van der Waals surface area contributed by atoms with E-state index in [1.807, 2.05) is 32.0 Å². The Labute approximate surface area is 119 Å². The number of hydrogen-bond donors (Lipinski definition) is 0. The van der Waals surface area contributed by atoms with Crippen molar-refractivity contribution in [2.45, 2.75) is 23.8 Å². The average molecular weight is 296 g/mol. The van der Waals surface area contributed by atoms with Crippen LogP contribution in [0.2, 0.25) is 5.28 Å². The number of benzene rings is 1. The van der Waals surface area contributed by atoms with Crippen LogP contribution in [0.5, 0.6) is 0 Å². The van der Waals surface area contributed by atoms with Crippen molar-refractivity contribution >= 4 is 29.1 Å². The summed E-state index contributed by atoms with van der Waals surface area (Å²) < 4.78 is 0. The molecular formula is C12H10ClN3O2S. The zero-order valence-electron chi connectivity index (χ0n) is 10.3. The largest absolute Gasteiger partial charge is 0.319 e. The van der Waals surface area contributed by atoms with Crippen molar-refractivity contribution in [1.29, 1.82) is 0 Å². The molecule has 0 bridgehead atoms. The number of aryl methyl sites for hydroxylation is 2. The highest BCUT2D eigenvalue weighted by atomic mass is 35.5. The van der Waals surface area contributed by atoms with Crippen LogP contribution in [0.1, 0.15) is 11.1 Å². The summed E-state index contributed by atoms with van der Waals surface area (Å²) in [6.07, 6.45) is 1.13. The summed E-state index contributed by atoms with van der Waals surface area (Å²) in [6.45, 7) is 3.90. The normalized spacial score (nSPS) is 10.5. The number of aromatic nitrogens is 2. The maximum Gasteiger partial charge on any atom is 0.319 e. The van der Waals surface area contributed by atoms with Crippen molar-refractivity contribution in [3.63, 3.8) is 0 Å². The molecule has 0 aliphatic carbocycles. The Bertz CT molecular complexity index is 649. The third-order valence-corrected chi connectivity index (χ3v) is 3.79. The maximum atomic E-state index is 10.9. The lowest BCUT2D eigenvalue weighted by molar-refractivity contribution is -0.388. The van der Waals surface area contributed by atoms with E-state index in [1.165, 1.54) is 11.8 Å². The Hall–Kier alpha value is -1.66. The summed E-state index contributed by atoms with van der Waals surface area (Å²) >= 11 is 6.92. The van der Waals surface area contributed by atoms with Crippen LogP contribution in [0.15, 0.2) is 34.3 Å². The highest BCUT2D eigenvalue weighted by Crippen LogP contribution is 2.35. The van der Waals surface area contributed by atoms with E-state index in [1.54, 1.807) is 0 Å². The molecule has 1 heterocycles. The number of hydrogen-bond acceptors (Lipinski definition) is 5. The Balaban J connectivity index is 2.45. The number of nitro groups is 1. The minimum absolute atomic E-state index is 0.00148. The van der Waals surface area contributed by atoms with Gasteiger partial charge < -0.3 is 0 Å². The molecular weight excluding hydrogens is 286 g/mol. The molecule has 0 fully saturated rings. The van der Waals surface area contributed by atoms with Crippen LogP contribution < -0.4 is 0 Å². The minimum Gasteiger partial charge on any atom is -0.258 e. The number of halogens is 1. The van der Waals surface area contributed by atoms with E-state index < -0.39 is 4.92 Å². The molecule has 7 heteroatoms. The predicted molar refractivity (Wildman–Crippen MR) is 73.7 cm³/mol. The fourth-order valence-corrected chi connectivity index (χ4v) is 2.69. The average Bonchev–Trinajstić information content (AvgIpc) is 2.33. The van der Waals surface area contributed by atoms with E-state index in [0.29, 0.717) is 0 Å². The molecule has 0 radical (unpaired) electrons. The van der Waals surface area contributed by atoms with Crippen LogP contribution in [0.3, 0.4) is 0 Å². The first kappa shape index (κ1) is 13.8. The predicted octanol–water partition coefficient (Wildman–Crippen LogP) is 3.81. The van der Waals surface area contributed by atoms with Gasteiger partial charge in [-0.2, -0.15) is 0 Å². The molecule has 0 saturated heterocycles. The maximum absolute atomic E-state index is 10.9. The van der Waals surface area contributed by atoms with Gasteiger partial charge in [-0.15, -0.1) is 0 Å². The fraction of sp³-hybridized carbons (Fsp3) is 0.167.